The number of hydrogen-bond acceptors (Lipinski definition) is 3. The molecule has 2 heterocycles. The van der Waals surface area contributed by atoms with E-state index in [4.69, 9.17) is 0 Å². The normalized spacial score (nSPS) is 7.35. The third-order valence-electron chi connectivity index (χ3n) is 4.63. The van der Waals surface area contributed by atoms with Gasteiger partial charge in [0.2, 0.25) is 5.91 Å². The van der Waals surface area contributed by atoms with Crippen molar-refractivity contribution in [1.82, 2.24) is 20.0 Å². The second-order valence-corrected chi connectivity index (χ2v) is 9.44. The van der Waals surface area contributed by atoms with Crippen molar-refractivity contribution < 1.29 is 13.6 Å². The van der Waals surface area contributed by atoms with Gasteiger partial charge in [0, 0.05) is 41.3 Å². The molecule has 4 aromatic rings. The molecule has 0 atom stereocenters. The molecule has 0 unspecified atom stereocenters. The van der Waals surface area contributed by atoms with Crippen LogP contribution in [0.25, 0.3) is 21.8 Å². The zero-order chi connectivity index (χ0) is 34.3. The van der Waals surface area contributed by atoms with E-state index in [-0.39, 0.29) is 19.2 Å². The molecular weight excluding hydrogens is 738 g/mol. The van der Waals surface area contributed by atoms with Gasteiger partial charge in [0.05, 0.1) is 32.4 Å². The Morgan fingerprint density at radius 1 is 0.667 bits per heavy atom. The molecule has 0 bridgehead atoms. The summed E-state index contributed by atoms with van der Waals surface area (Å²) in [6, 6.07) is 5.98. The first-order valence-electron chi connectivity index (χ1n) is 12.4. The van der Waals surface area contributed by atoms with Crippen LogP contribution in [-0.4, -0.2) is 25.9 Å². The largest absolute Gasteiger partial charge is 0.278 e. The van der Waals surface area contributed by atoms with E-state index in [1.165, 1.54) is 29.9 Å². The Labute approximate surface area is 291 Å². The molecule has 0 aliphatic rings. The summed E-state index contributed by atoms with van der Waals surface area (Å²) in [5.41, 5.74) is 50.6. The number of aromatic amines is 1. The summed E-state index contributed by atoms with van der Waals surface area (Å²) < 4.78 is 28.0. The van der Waals surface area contributed by atoms with Crippen LogP contribution in [0.3, 0.4) is 0 Å². The van der Waals surface area contributed by atoms with Crippen molar-refractivity contribution in [1.29, 1.82) is 0 Å². The van der Waals surface area contributed by atoms with Crippen molar-refractivity contribution >= 4 is 59.6 Å². The number of carbonyl (C=O) groups is 1. The predicted molar refractivity (Wildman–Crippen MR) is 186 cm³/mol. The molecule has 0 saturated carbocycles. The molecule has 0 amide bonds. The van der Waals surface area contributed by atoms with E-state index < -0.39 is 5.82 Å². The van der Waals surface area contributed by atoms with Gasteiger partial charge in [-0.15, -0.1) is 0 Å². The third-order valence-corrected chi connectivity index (χ3v) is 5.84. The summed E-state index contributed by atoms with van der Waals surface area (Å²) in [6.07, 6.45) is 3.18. The van der Waals surface area contributed by atoms with E-state index in [0.717, 1.165) is 10.8 Å². The number of halogens is 4. The lowest BCUT2D eigenvalue weighted by atomic mass is 10.2. The van der Waals surface area contributed by atoms with Gasteiger partial charge in [0.25, 0.3) is 0 Å². The molecule has 1 N–H and O–H groups in total. The molecule has 0 saturated heterocycles. The molecule has 2 aromatic heterocycles. The first kappa shape index (κ1) is 39.2. The fourth-order valence-electron chi connectivity index (χ4n) is 2.80. The number of benzene rings is 2. The second-order valence-electron chi connectivity index (χ2n) is 7.73. The molecule has 9 heteroatoms. The number of H-pyrrole nitrogens is 1. The highest BCUT2D eigenvalue weighted by molar-refractivity contribution is 9.10. The molecule has 0 aliphatic carbocycles. The van der Waals surface area contributed by atoms with Crippen molar-refractivity contribution in [2.75, 3.05) is 0 Å². The summed E-state index contributed by atoms with van der Waals surface area (Å²) in [4.78, 5) is 11.1. The Hall–Kier alpha value is -6.79. The second kappa shape index (κ2) is 22.7. The number of nitrogens with one attached hydrogen (secondary N) is 1. The van der Waals surface area contributed by atoms with Gasteiger partial charge in [-0.2, -0.15) is 10.2 Å². The fraction of sp³-hybridized carbons (Fsp3) is 0.0513. The van der Waals surface area contributed by atoms with Crippen LogP contribution < -0.4 is 0 Å². The number of nitrogens with zero attached hydrogens (tertiary/aromatic N) is 3. The topological polar surface area (TPSA) is 63.6 Å². The fourth-order valence-corrected chi connectivity index (χ4v) is 3.52. The van der Waals surface area contributed by atoms with Gasteiger partial charge in [0.15, 0.2) is 0 Å². The van der Waals surface area contributed by atoms with Crippen LogP contribution in [0, 0.1) is 11.6 Å². The molecule has 0 radical (unpaired) electrons. The molecule has 4 rings (SSSR count). The first-order chi connectivity index (χ1) is 22.8. The molecule has 5 nitrogen and oxygen atoms in total. The van der Waals surface area contributed by atoms with E-state index >= 15 is 0 Å². The van der Waals surface area contributed by atoms with Gasteiger partial charge in [0.1, 0.15) is 11.6 Å². The summed E-state index contributed by atoms with van der Waals surface area (Å²) in [6.45, 7) is 7.98. The van der Waals surface area contributed by atoms with Crippen molar-refractivity contribution in [2.45, 2.75) is 14.4 Å². The Kier molecular flexibility index (Phi) is 18.5. The van der Waals surface area contributed by atoms with Crippen molar-refractivity contribution in [3.63, 3.8) is 0 Å². The zero-order valence-electron chi connectivity index (χ0n) is 24.1. The standard InChI is InChI=1S/C22H4.C9H6BrFN2O.C7H4BrFN2.CH4/c1-3-5-7-9-11-13-15-17-19-21-22-20-18-16-14-12-10-8-6-4-2;1-5(14)13-9-3-8(11)7(10)2-6(9)4-12-13;8-5-1-4-3-10-11-7(4)2-6(5)9;/h1-2H2;2-4H,1H3;1-3H,(H,10,11);1H4. The van der Waals surface area contributed by atoms with Crippen LogP contribution in [0.2, 0.25) is 0 Å². The Morgan fingerprint density at radius 3 is 1.48 bits per heavy atom. The minimum atomic E-state index is -0.402. The lowest BCUT2D eigenvalue weighted by Crippen LogP contribution is -2.06. The van der Waals surface area contributed by atoms with Crippen LogP contribution in [0.5, 0.6) is 0 Å². The maximum absolute atomic E-state index is 13.2. The molecule has 2 aromatic carbocycles. The first-order valence-corrected chi connectivity index (χ1v) is 14.0. The minimum Gasteiger partial charge on any atom is -0.278 e. The summed E-state index contributed by atoms with van der Waals surface area (Å²) in [5, 5.41) is 11.9. The Balaban J connectivity index is 0.000000378. The predicted octanol–water partition coefficient (Wildman–Crippen LogP) is 9.60. The Morgan fingerprint density at radius 2 is 1.06 bits per heavy atom. The van der Waals surface area contributed by atoms with Gasteiger partial charge in [-0.05, 0) is 149 Å². The minimum absolute atomic E-state index is 0. The highest BCUT2D eigenvalue weighted by Gasteiger charge is 2.09. The van der Waals surface area contributed by atoms with Gasteiger partial charge in [-0.1, -0.05) is 18.9 Å². The highest BCUT2D eigenvalue weighted by atomic mass is 79.9. The van der Waals surface area contributed by atoms with Crippen molar-refractivity contribution in [2.24, 2.45) is 0 Å². The van der Waals surface area contributed by atoms with Crippen LogP contribution in [0.1, 0.15) is 19.1 Å². The monoisotopic (exact) mass is 754 g/mol. The molecule has 0 spiro atoms. The van der Waals surface area contributed by atoms with E-state index in [1.54, 1.807) is 18.3 Å². The zero-order valence-corrected chi connectivity index (χ0v) is 27.3. The van der Waals surface area contributed by atoms with Crippen LogP contribution in [-0.2, 0) is 0 Å². The number of rotatable bonds is 0. The van der Waals surface area contributed by atoms with Gasteiger partial charge >= 0.3 is 0 Å². The van der Waals surface area contributed by atoms with Crippen LogP contribution >= 0.6 is 31.9 Å². The SMILES string of the molecule is C.C=C=C=C=C=C=C=C=C=C=C=C=C=C=C=C=C=C=C=C=C=C.CC(=O)n1ncc2cc(Br)c(F)cc21.Fc1cc2[nH]ncc2cc1Br. The van der Waals surface area contributed by atoms with Gasteiger partial charge in [-0.25, -0.2) is 13.5 Å². The van der Waals surface area contributed by atoms with E-state index in [2.05, 4.69) is 175 Å². The lowest BCUT2D eigenvalue weighted by Gasteiger charge is -1.98. The maximum atomic E-state index is 13.2. The lowest BCUT2D eigenvalue weighted by molar-refractivity contribution is 0.0926. The number of fused-ring (bicyclic) bond motifs is 2. The average molecular weight is 756 g/mol. The van der Waals surface area contributed by atoms with E-state index in [9.17, 15) is 13.6 Å². The van der Waals surface area contributed by atoms with Crippen molar-refractivity contribution in [3.8, 4) is 0 Å². The smallest absolute Gasteiger partial charge is 0.244 e. The van der Waals surface area contributed by atoms with E-state index in [1.807, 2.05) is 0 Å². The van der Waals surface area contributed by atoms with Crippen molar-refractivity contribution in [3.05, 3.63) is 185 Å². The van der Waals surface area contributed by atoms with E-state index in [0.29, 0.717) is 20.0 Å². The molecular formula is C39H18Br2F2N4O. The number of aromatic nitrogens is 4. The summed E-state index contributed by atoms with van der Waals surface area (Å²) in [5.74, 6) is -0.913. The Bertz CT molecular complexity index is 2520. The van der Waals surface area contributed by atoms with Gasteiger partial charge in [-0.3, -0.25) is 9.89 Å². The van der Waals surface area contributed by atoms with Crippen LogP contribution in [0.15, 0.2) is 173 Å². The molecule has 0 fully saturated rings. The summed E-state index contributed by atoms with van der Waals surface area (Å²) >= 11 is 6.15. The maximum Gasteiger partial charge on any atom is 0.244 e. The van der Waals surface area contributed by atoms with Crippen LogP contribution in [0.4, 0.5) is 8.78 Å². The summed E-state index contributed by atoms with van der Waals surface area (Å²) in [7, 11) is 0. The molecule has 228 valence electrons. The molecule has 48 heavy (non-hydrogen) atoms. The number of carbonyl (C=O) groups excluding carboxylic acids is 1. The third kappa shape index (κ3) is 14.3. The number of hydrogen-bond donors (Lipinski definition) is 1. The average Bonchev–Trinajstić information content (AvgIpc) is 3.68. The molecule has 0 aliphatic heterocycles. The van der Waals surface area contributed by atoms with Gasteiger partial charge < -0.3 is 0 Å². The highest BCUT2D eigenvalue weighted by Crippen LogP contribution is 2.23. The quantitative estimate of drug-likeness (QED) is 0.182.